The number of likely N-dealkylation sites (tertiary alicyclic amines) is 1. The molecule has 216 valence electrons. The van der Waals surface area contributed by atoms with Crippen molar-refractivity contribution in [3.05, 3.63) is 84.4 Å². The Labute approximate surface area is 242 Å². The molecule has 2 fully saturated rings. The van der Waals surface area contributed by atoms with Crippen LogP contribution in [0.5, 0.6) is 5.75 Å². The number of carbonyl (C=O) groups excluding carboxylic acids is 2. The molecule has 0 radical (unpaired) electrons. The van der Waals surface area contributed by atoms with Crippen molar-refractivity contribution in [2.75, 3.05) is 25.0 Å². The summed E-state index contributed by atoms with van der Waals surface area (Å²) in [6.07, 6.45) is 1.60. The predicted octanol–water partition coefficient (Wildman–Crippen LogP) is 6.92. The first-order valence-electron chi connectivity index (χ1n) is 14.5. The molecule has 3 aromatic carbocycles. The monoisotopic (exact) mass is 556 g/mol. The molecule has 5 rings (SSSR count). The first kappa shape index (κ1) is 28.7. The Morgan fingerprint density at radius 1 is 0.878 bits per heavy atom. The summed E-state index contributed by atoms with van der Waals surface area (Å²) in [6.45, 7) is 8.78. The summed E-state index contributed by atoms with van der Waals surface area (Å²) < 4.78 is 16.9. The predicted molar refractivity (Wildman–Crippen MR) is 160 cm³/mol. The number of anilines is 1. The molecule has 2 aliphatic rings. The van der Waals surface area contributed by atoms with E-state index in [0.717, 1.165) is 55.0 Å². The summed E-state index contributed by atoms with van der Waals surface area (Å²) in [7, 11) is 0. The largest absolute Gasteiger partial charge is 0.493 e. The van der Waals surface area contributed by atoms with Gasteiger partial charge in [0.25, 0.3) is 0 Å². The van der Waals surface area contributed by atoms with Crippen molar-refractivity contribution >= 4 is 17.7 Å². The van der Waals surface area contributed by atoms with E-state index in [1.54, 1.807) is 0 Å². The van der Waals surface area contributed by atoms with Crippen molar-refractivity contribution in [3.63, 3.8) is 0 Å². The van der Waals surface area contributed by atoms with E-state index in [4.69, 9.17) is 14.2 Å². The summed E-state index contributed by atoms with van der Waals surface area (Å²) in [5.74, 6) is 1.58. The molecule has 1 N–H and O–H groups in total. The lowest BCUT2D eigenvalue weighted by Crippen LogP contribution is -2.25. The van der Waals surface area contributed by atoms with Crippen molar-refractivity contribution in [1.82, 2.24) is 4.90 Å². The maximum absolute atomic E-state index is 12.8. The lowest BCUT2D eigenvalue weighted by atomic mass is 10.0. The Kier molecular flexibility index (Phi) is 8.93. The maximum atomic E-state index is 12.8. The number of para-hydroxylation sites is 1. The zero-order valence-corrected chi connectivity index (χ0v) is 24.2. The zero-order valence-electron chi connectivity index (χ0n) is 24.2. The van der Waals surface area contributed by atoms with Crippen molar-refractivity contribution in [1.29, 1.82) is 0 Å². The Balaban J connectivity index is 1.04. The second-order valence-electron chi connectivity index (χ2n) is 12.1. The highest BCUT2D eigenvalue weighted by Gasteiger charge is 2.42. The SMILES string of the molecule is CC(C)(C)OC(=O)CCOc1ccc(CN2C[C@H]3CC(OC(=O)Nc4ccccc4-c4ccccc4)C[C@H]3C2)cc1. The van der Waals surface area contributed by atoms with Crippen molar-refractivity contribution in [2.45, 2.75) is 58.3 Å². The molecule has 1 saturated heterocycles. The zero-order chi connectivity index (χ0) is 28.8. The van der Waals surface area contributed by atoms with Crippen LogP contribution in [0.15, 0.2) is 78.9 Å². The van der Waals surface area contributed by atoms with Gasteiger partial charge < -0.3 is 14.2 Å². The molecule has 1 heterocycles. The highest BCUT2D eigenvalue weighted by atomic mass is 16.6. The van der Waals surface area contributed by atoms with E-state index in [9.17, 15) is 9.59 Å². The van der Waals surface area contributed by atoms with Gasteiger partial charge in [0.05, 0.1) is 18.7 Å². The number of carbonyl (C=O) groups is 2. The Bertz CT molecular complexity index is 1300. The van der Waals surface area contributed by atoms with Crippen molar-refractivity contribution in [3.8, 4) is 16.9 Å². The molecule has 41 heavy (non-hydrogen) atoms. The molecule has 0 aromatic heterocycles. The molecule has 3 atom stereocenters. The Hall–Kier alpha value is -3.84. The van der Waals surface area contributed by atoms with Crippen LogP contribution in [0.2, 0.25) is 0 Å². The maximum Gasteiger partial charge on any atom is 0.411 e. The van der Waals surface area contributed by atoms with Crippen LogP contribution in [0, 0.1) is 11.8 Å². The van der Waals surface area contributed by atoms with Crippen LogP contribution in [0.1, 0.15) is 45.6 Å². The summed E-state index contributed by atoms with van der Waals surface area (Å²) in [6, 6.07) is 25.9. The van der Waals surface area contributed by atoms with Gasteiger partial charge in [0.2, 0.25) is 0 Å². The van der Waals surface area contributed by atoms with Gasteiger partial charge in [0.15, 0.2) is 0 Å². The quantitative estimate of drug-likeness (QED) is 0.288. The third-order valence-electron chi connectivity index (χ3n) is 7.63. The lowest BCUT2D eigenvalue weighted by molar-refractivity contribution is -0.155. The van der Waals surface area contributed by atoms with E-state index in [1.807, 2.05) is 87.5 Å². The average molecular weight is 557 g/mol. The van der Waals surface area contributed by atoms with Gasteiger partial charge in [0, 0.05) is 25.2 Å². The molecule has 0 bridgehead atoms. The highest BCUT2D eigenvalue weighted by molar-refractivity contribution is 5.91. The molecule has 1 amide bonds. The van der Waals surface area contributed by atoms with Gasteiger partial charge in [-0.25, -0.2) is 4.79 Å². The minimum atomic E-state index is -0.481. The van der Waals surface area contributed by atoms with Gasteiger partial charge in [-0.3, -0.25) is 15.0 Å². The van der Waals surface area contributed by atoms with Crippen molar-refractivity contribution < 1.29 is 23.8 Å². The van der Waals surface area contributed by atoms with Crippen LogP contribution >= 0.6 is 0 Å². The first-order valence-corrected chi connectivity index (χ1v) is 14.5. The lowest BCUT2D eigenvalue weighted by Gasteiger charge is -2.20. The van der Waals surface area contributed by atoms with Gasteiger partial charge >= 0.3 is 12.1 Å². The number of hydrogen-bond acceptors (Lipinski definition) is 6. The number of fused-ring (bicyclic) bond motifs is 1. The van der Waals surface area contributed by atoms with Gasteiger partial charge in [-0.2, -0.15) is 0 Å². The van der Waals surface area contributed by atoms with E-state index >= 15 is 0 Å². The van der Waals surface area contributed by atoms with Gasteiger partial charge in [0.1, 0.15) is 17.5 Å². The van der Waals surface area contributed by atoms with E-state index in [-0.39, 0.29) is 24.6 Å². The van der Waals surface area contributed by atoms with Gasteiger partial charge in [-0.15, -0.1) is 0 Å². The number of amides is 1. The molecule has 1 aliphatic heterocycles. The summed E-state index contributed by atoms with van der Waals surface area (Å²) >= 11 is 0. The molecule has 7 heteroatoms. The first-order chi connectivity index (χ1) is 19.7. The van der Waals surface area contributed by atoms with E-state index in [1.165, 1.54) is 5.56 Å². The Morgan fingerprint density at radius 3 is 2.22 bits per heavy atom. The van der Waals surface area contributed by atoms with Crippen LogP contribution in [0.3, 0.4) is 0 Å². The van der Waals surface area contributed by atoms with Crippen LogP contribution in [0.4, 0.5) is 10.5 Å². The summed E-state index contributed by atoms with van der Waals surface area (Å²) in [4.78, 5) is 27.1. The molecule has 7 nitrogen and oxygen atoms in total. The topological polar surface area (TPSA) is 77.1 Å². The van der Waals surface area contributed by atoms with Crippen LogP contribution in [-0.2, 0) is 20.8 Å². The molecule has 1 aliphatic carbocycles. The molecular weight excluding hydrogens is 516 g/mol. The number of hydrogen-bond donors (Lipinski definition) is 1. The fourth-order valence-corrected chi connectivity index (χ4v) is 5.91. The third-order valence-corrected chi connectivity index (χ3v) is 7.63. The average Bonchev–Trinajstić information content (AvgIpc) is 3.47. The molecular formula is C34H40N2O5. The number of nitrogens with zero attached hydrogens (tertiary/aromatic N) is 1. The number of rotatable bonds is 9. The number of benzene rings is 3. The Morgan fingerprint density at radius 2 is 1.54 bits per heavy atom. The molecule has 3 aromatic rings. The summed E-state index contributed by atoms with van der Waals surface area (Å²) in [5.41, 5.74) is 3.54. The van der Waals surface area contributed by atoms with Gasteiger partial charge in [-0.1, -0.05) is 60.7 Å². The number of ether oxygens (including phenoxy) is 3. The van der Waals surface area contributed by atoms with Crippen LogP contribution in [-0.4, -0.2) is 48.4 Å². The summed E-state index contributed by atoms with van der Waals surface area (Å²) in [5, 5.41) is 2.97. The standard InChI is InChI=1S/C34H40N2O5/c1-34(2,3)41-32(37)17-18-39-28-15-13-24(14-16-28)21-36-22-26-19-29(20-27(26)23-36)40-33(38)35-31-12-8-7-11-30(31)25-9-5-4-6-10-25/h4-16,26-27,29H,17-23H2,1-3H3,(H,35,38)/t26-,27+,29?. The fourth-order valence-electron chi connectivity index (χ4n) is 5.91. The molecule has 1 saturated carbocycles. The van der Waals surface area contributed by atoms with E-state index in [0.29, 0.717) is 18.4 Å². The third kappa shape index (κ3) is 8.10. The molecule has 1 unspecified atom stereocenters. The van der Waals surface area contributed by atoms with E-state index < -0.39 is 5.60 Å². The molecule has 0 spiro atoms. The minimum Gasteiger partial charge on any atom is -0.493 e. The minimum absolute atomic E-state index is 0.0480. The number of nitrogens with one attached hydrogen (secondary N) is 1. The highest BCUT2D eigenvalue weighted by Crippen LogP contribution is 2.40. The second-order valence-corrected chi connectivity index (χ2v) is 12.1. The van der Waals surface area contributed by atoms with E-state index in [2.05, 4.69) is 22.3 Å². The van der Waals surface area contributed by atoms with Crippen molar-refractivity contribution in [2.24, 2.45) is 11.8 Å². The normalized spacial score (nSPS) is 20.3. The van der Waals surface area contributed by atoms with Crippen LogP contribution < -0.4 is 10.1 Å². The fraction of sp³-hybridized carbons (Fsp3) is 0.412. The van der Waals surface area contributed by atoms with Crippen LogP contribution in [0.25, 0.3) is 11.1 Å². The smallest absolute Gasteiger partial charge is 0.411 e. The van der Waals surface area contributed by atoms with Gasteiger partial charge in [-0.05, 0) is 74.8 Å². The second kappa shape index (κ2) is 12.8. The number of esters is 1.